The fourth-order valence-electron chi connectivity index (χ4n) is 3.84. The molecule has 1 saturated carbocycles. The van der Waals surface area contributed by atoms with Crippen LogP contribution in [0.3, 0.4) is 0 Å². The number of amides is 1. The zero-order valence-corrected chi connectivity index (χ0v) is 15.9. The first kappa shape index (κ1) is 17.1. The molecular weight excluding hydrogens is 326 g/mol. The molecule has 0 unspecified atom stereocenters. The maximum atomic E-state index is 13.3. The molecule has 0 spiro atoms. The van der Waals surface area contributed by atoms with Crippen molar-refractivity contribution in [3.63, 3.8) is 0 Å². The van der Waals surface area contributed by atoms with Crippen molar-refractivity contribution in [2.45, 2.75) is 51.4 Å². The van der Waals surface area contributed by atoms with Gasteiger partial charge < -0.3 is 9.64 Å². The highest BCUT2D eigenvalue weighted by atomic mass is 16.5. The first-order valence-corrected chi connectivity index (χ1v) is 9.66. The van der Waals surface area contributed by atoms with Gasteiger partial charge in [-0.3, -0.25) is 4.79 Å². The van der Waals surface area contributed by atoms with Crippen LogP contribution in [0.4, 0.5) is 0 Å². The molecule has 1 amide bonds. The van der Waals surface area contributed by atoms with Gasteiger partial charge in [0, 0.05) is 19.0 Å². The van der Waals surface area contributed by atoms with Crippen molar-refractivity contribution in [1.82, 2.24) is 14.7 Å². The first-order valence-electron chi connectivity index (χ1n) is 9.66. The fourth-order valence-corrected chi connectivity index (χ4v) is 3.84. The minimum atomic E-state index is 0.174. The predicted molar refractivity (Wildman–Crippen MR) is 101 cm³/mol. The summed E-state index contributed by atoms with van der Waals surface area (Å²) in [5, 5.41) is 4.94. The lowest BCUT2D eigenvalue weighted by Crippen LogP contribution is -2.29. The third-order valence-electron chi connectivity index (χ3n) is 5.38. The lowest BCUT2D eigenvalue weighted by molar-refractivity contribution is 0.0790. The van der Waals surface area contributed by atoms with Crippen LogP contribution in [0.25, 0.3) is 5.69 Å². The average Bonchev–Trinajstić information content (AvgIpc) is 3.20. The zero-order chi connectivity index (χ0) is 18.3. The largest absolute Gasteiger partial charge is 0.497 e. The van der Waals surface area contributed by atoms with Crippen molar-refractivity contribution in [3.05, 3.63) is 41.2 Å². The molecule has 2 fully saturated rings. The molecule has 1 saturated heterocycles. The van der Waals surface area contributed by atoms with Gasteiger partial charge in [-0.2, -0.15) is 5.10 Å². The van der Waals surface area contributed by atoms with Crippen LogP contribution in [0, 0.1) is 0 Å². The first-order chi connectivity index (χ1) is 12.6. The van der Waals surface area contributed by atoms with Gasteiger partial charge in [-0.05, 0) is 55.9 Å². The third kappa shape index (κ3) is 3.00. The van der Waals surface area contributed by atoms with Gasteiger partial charge in [0.05, 0.1) is 29.7 Å². The number of likely N-dealkylation sites (tertiary alicyclic amines) is 1. The molecule has 1 aliphatic carbocycles. The Hall–Kier alpha value is -2.30. The van der Waals surface area contributed by atoms with E-state index in [1.54, 1.807) is 7.11 Å². The number of carbonyl (C=O) groups excluding carboxylic acids is 1. The van der Waals surface area contributed by atoms with Gasteiger partial charge in [0.25, 0.3) is 5.91 Å². The molecule has 1 aliphatic heterocycles. The number of hydrogen-bond acceptors (Lipinski definition) is 3. The van der Waals surface area contributed by atoms with Gasteiger partial charge in [0.2, 0.25) is 0 Å². The molecule has 1 aromatic heterocycles. The fraction of sp³-hybridized carbons (Fsp3) is 0.524. The number of ether oxygens (including phenoxy) is 1. The second kappa shape index (κ2) is 6.78. The van der Waals surface area contributed by atoms with E-state index in [-0.39, 0.29) is 11.8 Å². The molecule has 138 valence electrons. The Morgan fingerprint density at radius 2 is 1.81 bits per heavy atom. The predicted octanol–water partition coefficient (Wildman–Crippen LogP) is 4.12. The van der Waals surface area contributed by atoms with Gasteiger partial charge in [-0.15, -0.1) is 0 Å². The maximum Gasteiger partial charge on any atom is 0.257 e. The summed E-state index contributed by atoms with van der Waals surface area (Å²) in [5.41, 5.74) is 3.88. The quantitative estimate of drug-likeness (QED) is 0.812. The number of methoxy groups -OCH3 is 1. The van der Waals surface area contributed by atoms with Crippen molar-refractivity contribution >= 4 is 5.91 Å². The molecule has 5 nitrogen and oxygen atoms in total. The van der Waals surface area contributed by atoms with Gasteiger partial charge in [-0.1, -0.05) is 13.8 Å². The monoisotopic (exact) mass is 353 g/mol. The van der Waals surface area contributed by atoms with E-state index in [0.29, 0.717) is 5.92 Å². The SMILES string of the molecule is COc1ccc(-n2nc(C3CC3)c(C(=O)N3CCCC3)c2C(C)C)cc1. The van der Waals surface area contributed by atoms with Gasteiger partial charge >= 0.3 is 0 Å². The second-order valence-electron chi connectivity index (χ2n) is 7.68. The van der Waals surface area contributed by atoms with Crippen LogP contribution in [0.15, 0.2) is 24.3 Å². The van der Waals surface area contributed by atoms with Gasteiger partial charge in [0.15, 0.2) is 0 Å². The molecule has 0 N–H and O–H groups in total. The maximum absolute atomic E-state index is 13.3. The lowest BCUT2D eigenvalue weighted by Gasteiger charge is -2.18. The zero-order valence-electron chi connectivity index (χ0n) is 15.9. The number of carbonyl (C=O) groups is 1. The van der Waals surface area contributed by atoms with E-state index in [9.17, 15) is 4.79 Å². The number of nitrogens with zero attached hydrogens (tertiary/aromatic N) is 3. The highest BCUT2D eigenvalue weighted by Crippen LogP contribution is 2.43. The molecule has 26 heavy (non-hydrogen) atoms. The third-order valence-corrected chi connectivity index (χ3v) is 5.38. The molecule has 2 aliphatic rings. The van der Waals surface area contributed by atoms with Crippen LogP contribution in [0.5, 0.6) is 5.75 Å². The highest BCUT2D eigenvalue weighted by Gasteiger charge is 2.37. The Balaban J connectivity index is 1.83. The van der Waals surface area contributed by atoms with Crippen LogP contribution in [0.1, 0.15) is 73.1 Å². The van der Waals surface area contributed by atoms with Crippen LogP contribution in [-0.4, -0.2) is 40.8 Å². The lowest BCUT2D eigenvalue weighted by atomic mass is 10.0. The standard InChI is InChI=1S/C21H27N3O2/c1-14(2)20-18(21(25)23-12-4-5-13-23)19(15-6-7-15)22-24(20)16-8-10-17(26-3)11-9-16/h8-11,14-15H,4-7,12-13H2,1-3H3. The van der Waals surface area contributed by atoms with E-state index in [1.165, 1.54) is 0 Å². The molecule has 0 atom stereocenters. The second-order valence-corrected chi connectivity index (χ2v) is 7.68. The van der Waals surface area contributed by atoms with Crippen molar-refractivity contribution in [1.29, 1.82) is 0 Å². The summed E-state index contributed by atoms with van der Waals surface area (Å²) >= 11 is 0. The van der Waals surface area contributed by atoms with Crippen LogP contribution in [-0.2, 0) is 0 Å². The van der Waals surface area contributed by atoms with E-state index < -0.39 is 0 Å². The molecule has 2 aromatic rings. The van der Waals surface area contributed by atoms with Crippen molar-refractivity contribution in [2.75, 3.05) is 20.2 Å². The van der Waals surface area contributed by atoms with E-state index in [2.05, 4.69) is 13.8 Å². The van der Waals surface area contributed by atoms with Crippen LogP contribution in [0.2, 0.25) is 0 Å². The van der Waals surface area contributed by atoms with Crippen molar-refractivity contribution < 1.29 is 9.53 Å². The number of hydrogen-bond donors (Lipinski definition) is 0. The van der Waals surface area contributed by atoms with Crippen LogP contribution >= 0.6 is 0 Å². The van der Waals surface area contributed by atoms with Gasteiger partial charge in [-0.25, -0.2) is 4.68 Å². The molecule has 0 radical (unpaired) electrons. The molecule has 1 aromatic carbocycles. The average molecular weight is 353 g/mol. The Labute approximate surface area is 154 Å². The highest BCUT2D eigenvalue weighted by molar-refractivity contribution is 5.97. The normalized spacial score (nSPS) is 17.2. The van der Waals surface area contributed by atoms with Crippen molar-refractivity contribution in [2.24, 2.45) is 0 Å². The number of benzene rings is 1. The molecule has 0 bridgehead atoms. The molecule has 4 rings (SSSR count). The Morgan fingerprint density at radius 1 is 1.15 bits per heavy atom. The van der Waals surface area contributed by atoms with E-state index in [0.717, 1.165) is 67.2 Å². The summed E-state index contributed by atoms with van der Waals surface area (Å²) in [7, 11) is 1.67. The molecule has 2 heterocycles. The minimum absolute atomic E-state index is 0.174. The van der Waals surface area contributed by atoms with E-state index >= 15 is 0 Å². The number of rotatable bonds is 5. The molecule has 5 heteroatoms. The Bertz CT molecular complexity index is 797. The summed E-state index contributed by atoms with van der Waals surface area (Å²) in [5.74, 6) is 1.66. The van der Waals surface area contributed by atoms with E-state index in [4.69, 9.17) is 9.84 Å². The van der Waals surface area contributed by atoms with Gasteiger partial charge in [0.1, 0.15) is 5.75 Å². The summed E-state index contributed by atoms with van der Waals surface area (Å²) < 4.78 is 7.26. The number of aromatic nitrogens is 2. The summed E-state index contributed by atoms with van der Waals surface area (Å²) in [6.07, 6.45) is 4.48. The topological polar surface area (TPSA) is 47.4 Å². The van der Waals surface area contributed by atoms with E-state index in [1.807, 2.05) is 33.8 Å². The summed E-state index contributed by atoms with van der Waals surface area (Å²) in [6.45, 7) is 6.03. The Kier molecular flexibility index (Phi) is 4.47. The van der Waals surface area contributed by atoms with Crippen LogP contribution < -0.4 is 4.74 Å². The smallest absolute Gasteiger partial charge is 0.257 e. The summed E-state index contributed by atoms with van der Waals surface area (Å²) in [6, 6.07) is 7.91. The van der Waals surface area contributed by atoms with Crippen molar-refractivity contribution in [3.8, 4) is 11.4 Å². The Morgan fingerprint density at radius 3 is 2.35 bits per heavy atom. The minimum Gasteiger partial charge on any atom is -0.497 e. The molecular formula is C21H27N3O2. The summed E-state index contributed by atoms with van der Waals surface area (Å²) in [4.78, 5) is 15.3.